The van der Waals surface area contributed by atoms with Crippen molar-refractivity contribution in [2.24, 2.45) is 0 Å². The van der Waals surface area contributed by atoms with Gasteiger partial charge in [-0.2, -0.15) is 9.61 Å². The number of ether oxygens (including phenoxy) is 1. The van der Waals surface area contributed by atoms with Crippen molar-refractivity contribution >= 4 is 28.9 Å². The molecule has 3 aromatic rings. The van der Waals surface area contributed by atoms with E-state index in [2.05, 4.69) is 26.0 Å². The van der Waals surface area contributed by atoms with Gasteiger partial charge < -0.3 is 25.3 Å². The molecule has 1 atom stereocenters. The van der Waals surface area contributed by atoms with E-state index in [1.807, 2.05) is 6.07 Å². The van der Waals surface area contributed by atoms with Gasteiger partial charge in [0.05, 0.1) is 18.8 Å². The van der Waals surface area contributed by atoms with Crippen molar-refractivity contribution in [1.82, 2.24) is 24.5 Å². The van der Waals surface area contributed by atoms with Crippen LogP contribution < -0.4 is 21.5 Å². The number of nitrogens with one attached hydrogen (secondary N) is 3. The molecule has 1 saturated carbocycles. The van der Waals surface area contributed by atoms with Crippen LogP contribution in [0.15, 0.2) is 35.4 Å². The number of nitrogens with zero attached hydrogens (tertiary/aromatic N) is 4. The molecule has 3 aromatic heterocycles. The van der Waals surface area contributed by atoms with Crippen molar-refractivity contribution in [3.8, 4) is 0 Å². The second-order valence-electron chi connectivity index (χ2n) is 7.95. The van der Waals surface area contributed by atoms with E-state index in [9.17, 15) is 9.59 Å². The fourth-order valence-corrected chi connectivity index (χ4v) is 3.83. The van der Waals surface area contributed by atoms with Gasteiger partial charge in [-0.05, 0) is 37.8 Å². The summed E-state index contributed by atoms with van der Waals surface area (Å²) in [4.78, 5) is 30.3. The summed E-state index contributed by atoms with van der Waals surface area (Å²) in [5.41, 5.74) is 1.10. The Bertz CT molecular complexity index is 1180. The monoisotopic (exact) mass is 423 g/mol. The topological polar surface area (TPSA) is 115 Å². The average Bonchev–Trinajstić information content (AvgIpc) is 3.50. The van der Waals surface area contributed by atoms with Crippen LogP contribution in [-0.4, -0.2) is 51.4 Å². The van der Waals surface area contributed by atoms with Crippen LogP contribution in [0.2, 0.25) is 0 Å². The lowest BCUT2D eigenvalue weighted by atomic mass is 10.1. The van der Waals surface area contributed by atoms with E-state index < -0.39 is 0 Å². The summed E-state index contributed by atoms with van der Waals surface area (Å²) in [5.74, 6) is 0.908. The molecule has 1 saturated heterocycles. The van der Waals surface area contributed by atoms with E-state index in [-0.39, 0.29) is 23.6 Å². The summed E-state index contributed by atoms with van der Waals surface area (Å²) in [6.07, 6.45) is 7.15. The Morgan fingerprint density at radius 1 is 1.29 bits per heavy atom. The quantitative estimate of drug-likeness (QED) is 0.555. The number of anilines is 3. The first-order valence-electron chi connectivity index (χ1n) is 10.6. The van der Waals surface area contributed by atoms with Crippen LogP contribution in [0.3, 0.4) is 0 Å². The first-order chi connectivity index (χ1) is 15.1. The third-order valence-electron chi connectivity index (χ3n) is 5.65. The van der Waals surface area contributed by atoms with E-state index in [0.29, 0.717) is 35.1 Å². The lowest BCUT2D eigenvalue weighted by molar-refractivity contribution is 0.0581. The van der Waals surface area contributed by atoms with Crippen molar-refractivity contribution in [2.75, 3.05) is 30.9 Å². The number of hydrogen-bond donors (Lipinski definition) is 3. The molecule has 31 heavy (non-hydrogen) atoms. The summed E-state index contributed by atoms with van der Waals surface area (Å²) in [7, 11) is 1.77. The zero-order valence-corrected chi connectivity index (χ0v) is 17.3. The van der Waals surface area contributed by atoms with Crippen molar-refractivity contribution in [2.45, 2.75) is 37.8 Å². The maximum Gasteiger partial charge on any atom is 0.274 e. The molecule has 5 rings (SSSR count). The Morgan fingerprint density at radius 2 is 2.16 bits per heavy atom. The molecule has 4 heterocycles. The molecule has 0 aromatic carbocycles. The smallest absolute Gasteiger partial charge is 0.274 e. The second-order valence-corrected chi connectivity index (χ2v) is 7.95. The Hall–Kier alpha value is -3.40. The van der Waals surface area contributed by atoms with Crippen LogP contribution in [0.1, 0.15) is 42.1 Å². The van der Waals surface area contributed by atoms with Crippen LogP contribution in [0.25, 0.3) is 5.65 Å². The van der Waals surface area contributed by atoms with Gasteiger partial charge in [-0.15, -0.1) is 0 Å². The summed E-state index contributed by atoms with van der Waals surface area (Å²) >= 11 is 0. The highest BCUT2D eigenvalue weighted by atomic mass is 16.5. The molecular weight excluding hydrogens is 398 g/mol. The SMILES string of the molecule is CNc1cc(Nc2cccn([C@H]3CCCOC3)c2=O)nc2c(C(=O)NC3CC3)cnn12. The zero-order chi connectivity index (χ0) is 21.4. The highest BCUT2D eigenvalue weighted by Gasteiger charge is 2.26. The minimum absolute atomic E-state index is 0.0267. The predicted molar refractivity (Wildman–Crippen MR) is 116 cm³/mol. The summed E-state index contributed by atoms with van der Waals surface area (Å²) in [6.45, 7) is 1.27. The standard InChI is InChI=1S/C21H25N7O3/c1-22-18-10-17(26-19-15(11-23-28(18)19)20(29)24-13-6-7-13)25-16-5-2-8-27(21(16)30)14-4-3-9-31-12-14/h2,5,8,10-11,13-14,22H,3-4,6-7,9,12H2,1H3,(H,24,29)(H,25,26)/t14-/m0/s1. The van der Waals surface area contributed by atoms with Gasteiger partial charge in [-0.25, -0.2) is 4.98 Å². The molecule has 2 aliphatic rings. The maximum atomic E-state index is 13.1. The minimum Gasteiger partial charge on any atom is -0.379 e. The van der Waals surface area contributed by atoms with Gasteiger partial charge in [0, 0.05) is 32.0 Å². The van der Waals surface area contributed by atoms with Crippen molar-refractivity contribution in [1.29, 1.82) is 0 Å². The van der Waals surface area contributed by atoms with E-state index in [4.69, 9.17) is 4.74 Å². The zero-order valence-electron chi connectivity index (χ0n) is 17.3. The normalized spacial score (nSPS) is 18.7. The van der Waals surface area contributed by atoms with Crippen LogP contribution in [0.4, 0.5) is 17.3 Å². The Balaban J connectivity index is 1.49. The molecule has 162 valence electrons. The van der Waals surface area contributed by atoms with Gasteiger partial charge in [-0.3, -0.25) is 9.59 Å². The highest BCUT2D eigenvalue weighted by Crippen LogP contribution is 2.24. The lowest BCUT2D eigenvalue weighted by Gasteiger charge is -2.24. The number of aromatic nitrogens is 4. The summed E-state index contributed by atoms with van der Waals surface area (Å²) in [5, 5.41) is 13.5. The van der Waals surface area contributed by atoms with Crippen LogP contribution in [-0.2, 0) is 4.74 Å². The van der Waals surface area contributed by atoms with Crippen LogP contribution in [0, 0.1) is 0 Å². The molecule has 1 aliphatic heterocycles. The van der Waals surface area contributed by atoms with Crippen molar-refractivity contribution < 1.29 is 9.53 Å². The number of carbonyl (C=O) groups excluding carboxylic acids is 1. The number of carbonyl (C=O) groups is 1. The van der Waals surface area contributed by atoms with E-state index in [1.165, 1.54) is 6.20 Å². The number of fused-ring (bicyclic) bond motifs is 1. The molecule has 1 aliphatic carbocycles. The summed E-state index contributed by atoms with van der Waals surface area (Å²) in [6, 6.07) is 5.58. The molecule has 1 amide bonds. The lowest BCUT2D eigenvalue weighted by Crippen LogP contribution is -2.31. The van der Waals surface area contributed by atoms with Crippen LogP contribution >= 0.6 is 0 Å². The van der Waals surface area contributed by atoms with Crippen LogP contribution in [0.5, 0.6) is 0 Å². The number of hydrogen-bond acceptors (Lipinski definition) is 7. The molecule has 10 heteroatoms. The first kappa shape index (κ1) is 19.6. The van der Waals surface area contributed by atoms with E-state index in [1.54, 1.807) is 34.5 Å². The van der Waals surface area contributed by atoms with Crippen molar-refractivity contribution in [3.63, 3.8) is 0 Å². The fraction of sp³-hybridized carbons (Fsp3) is 0.429. The molecule has 2 fully saturated rings. The Labute approximate surface area is 178 Å². The van der Waals surface area contributed by atoms with Gasteiger partial charge in [0.25, 0.3) is 11.5 Å². The number of rotatable bonds is 6. The molecular formula is C21H25N7O3. The third kappa shape index (κ3) is 3.86. The third-order valence-corrected chi connectivity index (χ3v) is 5.65. The second kappa shape index (κ2) is 8.03. The fourth-order valence-electron chi connectivity index (χ4n) is 3.83. The highest BCUT2D eigenvalue weighted by molar-refractivity contribution is 6.00. The van der Waals surface area contributed by atoms with Gasteiger partial charge in [0.15, 0.2) is 5.65 Å². The first-order valence-corrected chi connectivity index (χ1v) is 10.6. The van der Waals surface area contributed by atoms with Gasteiger partial charge in [0.2, 0.25) is 0 Å². The maximum absolute atomic E-state index is 13.1. The average molecular weight is 423 g/mol. The van der Waals surface area contributed by atoms with Gasteiger partial charge in [0.1, 0.15) is 22.9 Å². The largest absolute Gasteiger partial charge is 0.379 e. The summed E-state index contributed by atoms with van der Waals surface area (Å²) < 4.78 is 8.83. The number of amides is 1. The molecule has 0 unspecified atom stereocenters. The van der Waals surface area contributed by atoms with E-state index in [0.717, 1.165) is 32.3 Å². The van der Waals surface area contributed by atoms with Crippen molar-refractivity contribution in [3.05, 3.63) is 46.5 Å². The Morgan fingerprint density at radius 3 is 2.90 bits per heavy atom. The van der Waals surface area contributed by atoms with E-state index >= 15 is 0 Å². The molecule has 0 radical (unpaired) electrons. The minimum atomic E-state index is -0.191. The Kier molecular flexibility index (Phi) is 5.06. The predicted octanol–water partition coefficient (Wildman–Crippen LogP) is 1.92. The molecule has 0 bridgehead atoms. The molecule has 0 spiro atoms. The van der Waals surface area contributed by atoms with Gasteiger partial charge >= 0.3 is 0 Å². The molecule has 10 nitrogen and oxygen atoms in total. The van der Waals surface area contributed by atoms with Gasteiger partial charge in [-0.1, -0.05) is 0 Å². The number of pyridine rings is 1. The molecule has 3 N–H and O–H groups in total.